The zero-order chi connectivity index (χ0) is 16.3. The van der Waals surface area contributed by atoms with Gasteiger partial charge in [-0.2, -0.15) is 0 Å². The minimum Gasteiger partial charge on any atom is -0.463 e. The van der Waals surface area contributed by atoms with Gasteiger partial charge in [-0.25, -0.2) is 9.59 Å². The molecule has 2 rings (SSSR count). The molecule has 0 spiro atoms. The van der Waals surface area contributed by atoms with Crippen LogP contribution in [0.2, 0.25) is 0 Å². The van der Waals surface area contributed by atoms with Crippen LogP contribution < -0.4 is 0 Å². The van der Waals surface area contributed by atoms with Crippen molar-refractivity contribution in [2.24, 2.45) is 5.41 Å². The van der Waals surface area contributed by atoms with Crippen LogP contribution in [0.4, 0.5) is 0 Å². The normalized spacial score (nSPS) is 25.8. The molecular weight excluding hydrogens is 280 g/mol. The number of hydrogen-bond donors (Lipinski definition) is 0. The van der Waals surface area contributed by atoms with Gasteiger partial charge in [0, 0.05) is 16.6 Å². The molecule has 22 heavy (non-hydrogen) atoms. The van der Waals surface area contributed by atoms with Crippen LogP contribution in [0.15, 0.2) is 34.4 Å². The predicted octanol–water partition coefficient (Wildman–Crippen LogP) is 3.49. The standard InChI is InChI=1S/C18H24O4/c1-5-21-16(19)12(3)14-9-10-15-13(17(20)22-6-2)8-7-11-18(14,15)4/h7,11H,5-6,8-10H2,1-4H3/b14-12-. The largest absolute Gasteiger partial charge is 0.463 e. The summed E-state index contributed by atoms with van der Waals surface area (Å²) in [5.74, 6) is -0.500. The van der Waals surface area contributed by atoms with Crippen molar-refractivity contribution in [2.75, 3.05) is 13.2 Å². The van der Waals surface area contributed by atoms with E-state index < -0.39 is 0 Å². The van der Waals surface area contributed by atoms with Crippen molar-refractivity contribution in [1.82, 2.24) is 0 Å². The summed E-state index contributed by atoms with van der Waals surface area (Å²) in [5, 5.41) is 0. The molecule has 0 aliphatic heterocycles. The van der Waals surface area contributed by atoms with E-state index in [4.69, 9.17) is 9.47 Å². The Morgan fingerprint density at radius 1 is 1.18 bits per heavy atom. The number of rotatable bonds is 4. The molecule has 0 saturated heterocycles. The molecule has 2 aliphatic carbocycles. The summed E-state index contributed by atoms with van der Waals surface area (Å²) in [6.07, 6.45) is 6.29. The minimum absolute atomic E-state index is 0.233. The maximum absolute atomic E-state index is 12.2. The van der Waals surface area contributed by atoms with E-state index in [0.717, 1.165) is 29.6 Å². The first-order valence-electron chi connectivity index (χ1n) is 7.90. The molecule has 0 N–H and O–H groups in total. The summed E-state index contributed by atoms with van der Waals surface area (Å²) in [4.78, 5) is 24.2. The van der Waals surface area contributed by atoms with E-state index in [1.165, 1.54) is 0 Å². The lowest BCUT2D eigenvalue weighted by Crippen LogP contribution is -2.23. The first-order chi connectivity index (χ1) is 10.5. The first kappa shape index (κ1) is 16.5. The topological polar surface area (TPSA) is 52.6 Å². The van der Waals surface area contributed by atoms with Crippen LogP contribution in [0.3, 0.4) is 0 Å². The molecule has 0 heterocycles. The monoisotopic (exact) mass is 304 g/mol. The molecule has 1 atom stereocenters. The van der Waals surface area contributed by atoms with Crippen LogP contribution in [0.25, 0.3) is 0 Å². The summed E-state index contributed by atoms with van der Waals surface area (Å²) in [7, 11) is 0. The molecule has 4 heteroatoms. The van der Waals surface area contributed by atoms with E-state index in [1.807, 2.05) is 19.9 Å². The molecule has 0 aromatic carbocycles. The van der Waals surface area contributed by atoms with E-state index in [-0.39, 0.29) is 17.4 Å². The number of fused-ring (bicyclic) bond motifs is 1. The van der Waals surface area contributed by atoms with Crippen LogP contribution in [-0.4, -0.2) is 25.2 Å². The van der Waals surface area contributed by atoms with Gasteiger partial charge in [0.2, 0.25) is 0 Å². The molecule has 1 fully saturated rings. The van der Waals surface area contributed by atoms with E-state index in [1.54, 1.807) is 6.92 Å². The second kappa shape index (κ2) is 6.51. The third kappa shape index (κ3) is 2.74. The number of carbonyl (C=O) groups excluding carboxylic acids is 2. The smallest absolute Gasteiger partial charge is 0.334 e. The second-order valence-electron chi connectivity index (χ2n) is 5.81. The molecule has 1 saturated carbocycles. The van der Waals surface area contributed by atoms with Gasteiger partial charge in [-0.1, -0.05) is 12.2 Å². The first-order valence-corrected chi connectivity index (χ1v) is 7.90. The highest BCUT2D eigenvalue weighted by Crippen LogP contribution is 2.53. The fourth-order valence-electron chi connectivity index (χ4n) is 3.52. The molecular formula is C18H24O4. The molecule has 4 nitrogen and oxygen atoms in total. The van der Waals surface area contributed by atoms with E-state index in [0.29, 0.717) is 25.2 Å². The fraction of sp³-hybridized carbons (Fsp3) is 0.556. The second-order valence-corrected chi connectivity index (χ2v) is 5.81. The van der Waals surface area contributed by atoms with Crippen LogP contribution in [0, 0.1) is 5.41 Å². The Morgan fingerprint density at radius 3 is 2.50 bits per heavy atom. The van der Waals surface area contributed by atoms with Gasteiger partial charge in [-0.15, -0.1) is 0 Å². The van der Waals surface area contributed by atoms with Crippen molar-refractivity contribution < 1.29 is 19.1 Å². The van der Waals surface area contributed by atoms with E-state index in [2.05, 4.69) is 13.0 Å². The molecule has 0 amide bonds. The molecule has 1 unspecified atom stereocenters. The number of ether oxygens (including phenoxy) is 2. The van der Waals surface area contributed by atoms with Crippen LogP contribution >= 0.6 is 0 Å². The number of carbonyl (C=O) groups is 2. The van der Waals surface area contributed by atoms with Crippen molar-refractivity contribution in [1.29, 1.82) is 0 Å². The quantitative estimate of drug-likeness (QED) is 0.453. The van der Waals surface area contributed by atoms with Gasteiger partial charge >= 0.3 is 11.9 Å². The Morgan fingerprint density at radius 2 is 1.86 bits per heavy atom. The Kier molecular flexibility index (Phi) is 4.89. The highest BCUT2D eigenvalue weighted by molar-refractivity contribution is 5.92. The van der Waals surface area contributed by atoms with Gasteiger partial charge in [0.1, 0.15) is 0 Å². The number of esters is 2. The van der Waals surface area contributed by atoms with Crippen molar-refractivity contribution in [3.63, 3.8) is 0 Å². The summed E-state index contributed by atoms with van der Waals surface area (Å²) < 4.78 is 10.3. The van der Waals surface area contributed by atoms with E-state index >= 15 is 0 Å². The molecule has 0 radical (unpaired) electrons. The van der Waals surface area contributed by atoms with Crippen molar-refractivity contribution in [2.45, 2.75) is 47.0 Å². The average molecular weight is 304 g/mol. The molecule has 2 aliphatic rings. The highest BCUT2D eigenvalue weighted by Gasteiger charge is 2.42. The minimum atomic E-state index is -0.364. The van der Waals surface area contributed by atoms with Gasteiger partial charge in [0.25, 0.3) is 0 Å². The van der Waals surface area contributed by atoms with Gasteiger partial charge in [-0.3, -0.25) is 0 Å². The summed E-state index contributed by atoms with van der Waals surface area (Å²) >= 11 is 0. The SMILES string of the molecule is CCOC(=O)C1=C2CC/C(=C(\C)C(=O)OCC)C2(C)C=CC1. The summed E-state index contributed by atoms with van der Waals surface area (Å²) in [6.45, 7) is 8.24. The average Bonchev–Trinajstić information content (AvgIpc) is 2.83. The van der Waals surface area contributed by atoms with Crippen LogP contribution in [0.5, 0.6) is 0 Å². The number of hydrogen-bond acceptors (Lipinski definition) is 4. The highest BCUT2D eigenvalue weighted by atomic mass is 16.5. The van der Waals surface area contributed by atoms with Gasteiger partial charge in [0.05, 0.1) is 13.2 Å². The van der Waals surface area contributed by atoms with E-state index in [9.17, 15) is 9.59 Å². The lowest BCUT2D eigenvalue weighted by Gasteiger charge is -2.30. The maximum atomic E-state index is 12.2. The molecule has 120 valence electrons. The van der Waals surface area contributed by atoms with Gasteiger partial charge in [0.15, 0.2) is 0 Å². The lowest BCUT2D eigenvalue weighted by atomic mass is 9.74. The third-order valence-corrected chi connectivity index (χ3v) is 4.57. The summed E-state index contributed by atoms with van der Waals surface area (Å²) in [6, 6.07) is 0. The number of allylic oxidation sites excluding steroid dienone is 4. The third-order valence-electron chi connectivity index (χ3n) is 4.57. The Bertz CT molecular complexity index is 572. The molecule has 0 bridgehead atoms. The maximum Gasteiger partial charge on any atom is 0.334 e. The summed E-state index contributed by atoms with van der Waals surface area (Å²) in [5.41, 5.74) is 3.19. The lowest BCUT2D eigenvalue weighted by molar-refractivity contribution is -0.139. The van der Waals surface area contributed by atoms with Crippen molar-refractivity contribution in [3.8, 4) is 0 Å². The van der Waals surface area contributed by atoms with Crippen molar-refractivity contribution >= 4 is 11.9 Å². The van der Waals surface area contributed by atoms with Gasteiger partial charge < -0.3 is 9.47 Å². The fourth-order valence-corrected chi connectivity index (χ4v) is 3.52. The molecule has 0 aromatic heterocycles. The Balaban J connectivity index is 2.44. The van der Waals surface area contributed by atoms with Crippen LogP contribution in [-0.2, 0) is 19.1 Å². The Labute approximate surface area is 131 Å². The zero-order valence-electron chi connectivity index (χ0n) is 13.8. The van der Waals surface area contributed by atoms with Crippen molar-refractivity contribution in [3.05, 3.63) is 34.4 Å². The molecule has 0 aromatic rings. The Hall–Kier alpha value is -1.84. The van der Waals surface area contributed by atoms with Crippen LogP contribution in [0.1, 0.15) is 47.0 Å². The predicted molar refractivity (Wildman–Crippen MR) is 84.1 cm³/mol. The van der Waals surface area contributed by atoms with Gasteiger partial charge in [-0.05, 0) is 58.1 Å². The zero-order valence-corrected chi connectivity index (χ0v) is 13.8.